The molecule has 0 aromatic carbocycles. The van der Waals surface area contributed by atoms with Crippen LogP contribution in [0.3, 0.4) is 0 Å². The largest absolute Gasteiger partial charge is 0.480 e. The van der Waals surface area contributed by atoms with Gasteiger partial charge in [0.05, 0.1) is 0 Å². The summed E-state index contributed by atoms with van der Waals surface area (Å²) < 4.78 is 0. The van der Waals surface area contributed by atoms with Crippen molar-refractivity contribution in [1.82, 2.24) is 15.1 Å². The highest BCUT2D eigenvalue weighted by molar-refractivity contribution is 5.80. The van der Waals surface area contributed by atoms with Crippen molar-refractivity contribution in [1.29, 1.82) is 0 Å². The lowest BCUT2D eigenvalue weighted by atomic mass is 10.1. The third kappa shape index (κ3) is 6.24. The van der Waals surface area contributed by atoms with Crippen molar-refractivity contribution in [2.75, 3.05) is 39.3 Å². The number of piperidine rings is 1. The predicted molar refractivity (Wildman–Crippen MR) is 73.1 cm³/mol. The molecule has 6 heteroatoms. The Morgan fingerprint density at radius 2 is 2.00 bits per heavy atom. The Morgan fingerprint density at radius 3 is 2.58 bits per heavy atom. The Hall–Kier alpha value is -1.56. The number of urea groups is 1. The molecule has 0 aromatic rings. The molecular formula is C13H23N3O3. The third-order valence-corrected chi connectivity index (χ3v) is 3.12. The number of rotatable bonds is 7. The molecule has 0 unspecified atom stereocenters. The molecule has 6 nitrogen and oxygen atoms in total. The average Bonchev–Trinajstić information content (AvgIpc) is 2.39. The van der Waals surface area contributed by atoms with Gasteiger partial charge in [-0.1, -0.05) is 12.5 Å². The fourth-order valence-electron chi connectivity index (χ4n) is 2.15. The number of likely N-dealkylation sites (tertiary alicyclic amines) is 1. The first-order valence-corrected chi connectivity index (χ1v) is 6.71. The van der Waals surface area contributed by atoms with E-state index in [1.807, 2.05) is 0 Å². The first-order valence-electron chi connectivity index (χ1n) is 6.71. The van der Waals surface area contributed by atoms with Crippen molar-refractivity contribution < 1.29 is 14.7 Å². The first-order chi connectivity index (χ1) is 9.13. The molecule has 1 saturated heterocycles. The topological polar surface area (TPSA) is 72.9 Å². The highest BCUT2D eigenvalue weighted by Crippen LogP contribution is 2.07. The van der Waals surface area contributed by atoms with Crippen LogP contribution in [0.25, 0.3) is 0 Å². The minimum atomic E-state index is -1.02. The van der Waals surface area contributed by atoms with Crippen LogP contribution in [0.2, 0.25) is 0 Å². The first kappa shape index (κ1) is 15.5. The maximum absolute atomic E-state index is 11.8. The van der Waals surface area contributed by atoms with Gasteiger partial charge in [-0.25, -0.2) is 4.79 Å². The fraction of sp³-hybridized carbons (Fsp3) is 0.692. The van der Waals surface area contributed by atoms with Gasteiger partial charge >= 0.3 is 12.0 Å². The van der Waals surface area contributed by atoms with Gasteiger partial charge in [-0.15, -0.1) is 6.58 Å². The summed E-state index contributed by atoms with van der Waals surface area (Å²) in [6.07, 6.45) is 5.24. The Kier molecular flexibility index (Phi) is 6.95. The second-order valence-corrected chi connectivity index (χ2v) is 4.70. The van der Waals surface area contributed by atoms with E-state index in [1.165, 1.54) is 30.2 Å². The summed E-state index contributed by atoms with van der Waals surface area (Å²) in [4.78, 5) is 26.0. The van der Waals surface area contributed by atoms with Crippen LogP contribution in [0.1, 0.15) is 19.3 Å². The smallest absolute Gasteiger partial charge is 0.323 e. The van der Waals surface area contributed by atoms with E-state index in [0.717, 1.165) is 19.6 Å². The van der Waals surface area contributed by atoms with Crippen LogP contribution in [-0.2, 0) is 4.79 Å². The highest BCUT2D eigenvalue weighted by atomic mass is 16.4. The highest BCUT2D eigenvalue weighted by Gasteiger charge is 2.15. The standard InChI is InChI=1S/C13H23N3O3/c1-2-7-16(11-12(17)18)13(19)14-6-10-15-8-4-3-5-9-15/h2H,1,3-11H2,(H,14,19)(H,17,18). The van der Waals surface area contributed by atoms with Gasteiger partial charge < -0.3 is 20.2 Å². The molecule has 2 amide bonds. The second kappa shape index (κ2) is 8.53. The molecule has 0 radical (unpaired) electrons. The zero-order chi connectivity index (χ0) is 14.1. The van der Waals surface area contributed by atoms with E-state index < -0.39 is 5.97 Å². The van der Waals surface area contributed by atoms with E-state index in [9.17, 15) is 9.59 Å². The summed E-state index contributed by atoms with van der Waals surface area (Å²) in [5.41, 5.74) is 0. The number of nitrogens with one attached hydrogen (secondary N) is 1. The summed E-state index contributed by atoms with van der Waals surface area (Å²) in [6, 6.07) is -0.348. The number of hydrogen-bond acceptors (Lipinski definition) is 3. The Morgan fingerprint density at radius 1 is 1.32 bits per heavy atom. The van der Waals surface area contributed by atoms with E-state index in [4.69, 9.17) is 5.11 Å². The van der Waals surface area contributed by atoms with E-state index in [0.29, 0.717) is 6.54 Å². The molecule has 108 valence electrons. The summed E-state index contributed by atoms with van der Waals surface area (Å²) >= 11 is 0. The van der Waals surface area contributed by atoms with E-state index in [2.05, 4.69) is 16.8 Å². The number of carboxylic acids is 1. The van der Waals surface area contributed by atoms with E-state index in [-0.39, 0.29) is 19.1 Å². The van der Waals surface area contributed by atoms with Crippen LogP contribution in [0.4, 0.5) is 4.79 Å². The summed E-state index contributed by atoms with van der Waals surface area (Å²) in [5, 5.41) is 11.5. The van der Waals surface area contributed by atoms with Gasteiger partial charge in [-0.2, -0.15) is 0 Å². The lowest BCUT2D eigenvalue weighted by Gasteiger charge is -2.27. The van der Waals surface area contributed by atoms with Crippen molar-refractivity contribution in [3.8, 4) is 0 Å². The zero-order valence-electron chi connectivity index (χ0n) is 11.3. The van der Waals surface area contributed by atoms with Crippen LogP contribution in [0.15, 0.2) is 12.7 Å². The molecule has 1 fully saturated rings. The van der Waals surface area contributed by atoms with Gasteiger partial charge in [0.1, 0.15) is 6.54 Å². The van der Waals surface area contributed by atoms with Crippen LogP contribution >= 0.6 is 0 Å². The van der Waals surface area contributed by atoms with Gasteiger partial charge in [-0.3, -0.25) is 4.79 Å². The number of nitrogens with zero attached hydrogens (tertiary/aromatic N) is 2. The lowest BCUT2D eigenvalue weighted by Crippen LogP contribution is -2.45. The minimum Gasteiger partial charge on any atom is -0.480 e. The number of carboxylic acid groups (broad SMARTS) is 1. The lowest BCUT2D eigenvalue weighted by molar-refractivity contribution is -0.137. The molecule has 0 bridgehead atoms. The van der Waals surface area contributed by atoms with Gasteiger partial charge in [-0.05, 0) is 25.9 Å². The Bertz CT molecular complexity index is 314. The number of carbonyl (C=O) groups excluding carboxylic acids is 1. The molecule has 0 aliphatic carbocycles. The van der Waals surface area contributed by atoms with E-state index in [1.54, 1.807) is 0 Å². The van der Waals surface area contributed by atoms with Crippen molar-refractivity contribution in [2.24, 2.45) is 0 Å². The number of aliphatic carboxylic acids is 1. The molecule has 1 aliphatic rings. The Balaban J connectivity index is 2.26. The average molecular weight is 269 g/mol. The number of hydrogen-bond donors (Lipinski definition) is 2. The van der Waals surface area contributed by atoms with Gasteiger partial charge in [0.15, 0.2) is 0 Å². The van der Waals surface area contributed by atoms with Gasteiger partial charge in [0.25, 0.3) is 0 Å². The van der Waals surface area contributed by atoms with Crippen LogP contribution < -0.4 is 5.32 Å². The molecule has 0 spiro atoms. The fourth-order valence-corrected chi connectivity index (χ4v) is 2.15. The molecule has 0 aromatic heterocycles. The summed E-state index contributed by atoms with van der Waals surface area (Å²) in [6.45, 7) is 6.99. The number of amides is 2. The SMILES string of the molecule is C=CCN(CC(=O)O)C(=O)NCCN1CCCCC1. The predicted octanol–water partition coefficient (Wildman–Crippen LogP) is 0.755. The monoisotopic (exact) mass is 269 g/mol. The van der Waals surface area contributed by atoms with Crippen molar-refractivity contribution in [3.05, 3.63) is 12.7 Å². The van der Waals surface area contributed by atoms with Crippen LogP contribution in [0, 0.1) is 0 Å². The van der Waals surface area contributed by atoms with Gasteiger partial charge in [0.2, 0.25) is 0 Å². The van der Waals surface area contributed by atoms with Crippen molar-refractivity contribution in [2.45, 2.75) is 19.3 Å². The normalized spacial score (nSPS) is 15.8. The van der Waals surface area contributed by atoms with Gasteiger partial charge in [0, 0.05) is 19.6 Å². The molecule has 0 atom stereocenters. The third-order valence-electron chi connectivity index (χ3n) is 3.12. The molecule has 19 heavy (non-hydrogen) atoms. The summed E-state index contributed by atoms with van der Waals surface area (Å²) in [5.74, 6) is -1.02. The van der Waals surface area contributed by atoms with Crippen LogP contribution in [0.5, 0.6) is 0 Å². The Labute approximate surface area is 114 Å². The molecule has 1 heterocycles. The van der Waals surface area contributed by atoms with Crippen molar-refractivity contribution in [3.63, 3.8) is 0 Å². The second-order valence-electron chi connectivity index (χ2n) is 4.70. The molecule has 2 N–H and O–H groups in total. The zero-order valence-corrected chi connectivity index (χ0v) is 11.3. The van der Waals surface area contributed by atoms with E-state index >= 15 is 0 Å². The van der Waals surface area contributed by atoms with Crippen LogP contribution in [-0.4, -0.2) is 66.2 Å². The molecule has 0 saturated carbocycles. The van der Waals surface area contributed by atoms with Crippen molar-refractivity contribution >= 4 is 12.0 Å². The minimum absolute atomic E-state index is 0.238. The maximum Gasteiger partial charge on any atom is 0.323 e. The molecule has 1 aliphatic heterocycles. The maximum atomic E-state index is 11.8. The molecule has 1 rings (SSSR count). The number of carbonyl (C=O) groups is 2. The summed E-state index contributed by atoms with van der Waals surface area (Å²) in [7, 11) is 0. The quantitative estimate of drug-likeness (QED) is 0.669. The molecular weight excluding hydrogens is 246 g/mol.